The molecular formula is C18H16F3NO6S2. The van der Waals surface area contributed by atoms with Gasteiger partial charge >= 0.3 is 6.36 Å². The molecule has 0 bridgehead atoms. The number of aliphatic hydroxyl groups excluding tert-OH is 1. The van der Waals surface area contributed by atoms with Gasteiger partial charge in [-0.15, -0.1) is 13.2 Å². The topological polar surface area (TPSA) is 110 Å². The van der Waals surface area contributed by atoms with Crippen molar-refractivity contribution in [1.29, 1.82) is 0 Å². The van der Waals surface area contributed by atoms with Gasteiger partial charge in [-0.2, -0.15) is 0 Å². The summed E-state index contributed by atoms with van der Waals surface area (Å²) < 4.78 is 67.2. The van der Waals surface area contributed by atoms with E-state index >= 15 is 0 Å². The van der Waals surface area contributed by atoms with Crippen LogP contribution in [0.25, 0.3) is 0 Å². The van der Waals surface area contributed by atoms with E-state index in [-0.39, 0.29) is 45.8 Å². The van der Waals surface area contributed by atoms with Crippen LogP contribution in [0.5, 0.6) is 5.75 Å². The highest BCUT2D eigenvalue weighted by Crippen LogP contribution is 2.25. The number of hydrogen-bond acceptors (Lipinski definition) is 7. The molecule has 0 fully saturated rings. The first-order valence-corrected chi connectivity index (χ1v) is 10.8. The number of rotatable bonds is 9. The second-order valence-corrected chi connectivity index (χ2v) is 8.47. The Hall–Kier alpha value is -2.57. The predicted octanol–water partition coefficient (Wildman–Crippen LogP) is 3.21. The van der Waals surface area contributed by atoms with E-state index in [9.17, 15) is 31.2 Å². The van der Waals surface area contributed by atoms with Crippen molar-refractivity contribution < 1.29 is 41.0 Å². The third kappa shape index (κ3) is 7.35. The quantitative estimate of drug-likeness (QED) is 0.550. The highest BCUT2D eigenvalue weighted by molar-refractivity contribution is 8.14. The van der Waals surface area contributed by atoms with Crippen LogP contribution in [0.1, 0.15) is 16.8 Å². The summed E-state index contributed by atoms with van der Waals surface area (Å²) in [4.78, 5) is 23.1. The van der Waals surface area contributed by atoms with E-state index in [1.807, 2.05) is 0 Å². The second-order valence-electron chi connectivity index (χ2n) is 5.76. The van der Waals surface area contributed by atoms with Gasteiger partial charge in [0.2, 0.25) is 0 Å². The molecule has 0 saturated carbocycles. The van der Waals surface area contributed by atoms with Crippen molar-refractivity contribution in [2.24, 2.45) is 0 Å². The number of sulfonamides is 1. The lowest BCUT2D eigenvalue weighted by Gasteiger charge is -2.11. The highest BCUT2D eigenvalue weighted by atomic mass is 32.2. The van der Waals surface area contributed by atoms with Crippen molar-refractivity contribution in [1.82, 2.24) is 0 Å². The van der Waals surface area contributed by atoms with Crippen molar-refractivity contribution in [3.05, 3.63) is 54.1 Å². The maximum absolute atomic E-state index is 12.4. The normalized spacial score (nSPS) is 11.7. The molecule has 2 N–H and O–H groups in total. The van der Waals surface area contributed by atoms with Crippen LogP contribution in [-0.4, -0.2) is 43.1 Å². The number of carbonyl (C=O) groups excluding carboxylic acids is 2. The summed E-state index contributed by atoms with van der Waals surface area (Å²) in [5.74, 6) is -1.02. The van der Waals surface area contributed by atoms with Gasteiger partial charge in [-0.3, -0.25) is 14.3 Å². The van der Waals surface area contributed by atoms with Crippen molar-refractivity contribution in [3.8, 4) is 5.75 Å². The molecule has 0 heterocycles. The van der Waals surface area contributed by atoms with Crippen LogP contribution in [0.4, 0.5) is 18.9 Å². The monoisotopic (exact) mass is 463 g/mol. The first kappa shape index (κ1) is 23.7. The minimum atomic E-state index is -4.89. The SMILES string of the molecule is O=C(CCO)SCC(=O)c1ccc(NS(=O)(=O)c2ccc(OC(F)(F)F)cc2)cc1. The van der Waals surface area contributed by atoms with E-state index in [1.54, 1.807) is 0 Å². The molecule has 0 aliphatic carbocycles. The lowest BCUT2D eigenvalue weighted by molar-refractivity contribution is -0.274. The number of nitrogens with one attached hydrogen (secondary N) is 1. The minimum Gasteiger partial charge on any atom is -0.406 e. The Morgan fingerprint density at radius 1 is 1.03 bits per heavy atom. The van der Waals surface area contributed by atoms with Crippen LogP contribution in [0, 0.1) is 0 Å². The molecule has 2 aromatic carbocycles. The molecule has 0 aliphatic heterocycles. The summed E-state index contributed by atoms with van der Waals surface area (Å²) in [7, 11) is -4.08. The van der Waals surface area contributed by atoms with E-state index in [4.69, 9.17) is 5.11 Å². The molecule has 12 heteroatoms. The van der Waals surface area contributed by atoms with E-state index in [0.717, 1.165) is 36.0 Å². The summed E-state index contributed by atoms with van der Waals surface area (Å²) in [6.45, 7) is -0.299. The number of benzene rings is 2. The van der Waals surface area contributed by atoms with Crippen molar-refractivity contribution in [3.63, 3.8) is 0 Å². The van der Waals surface area contributed by atoms with Gasteiger partial charge in [0.15, 0.2) is 10.9 Å². The molecule has 0 aliphatic rings. The standard InChI is InChI=1S/C18H16F3NO6S2/c19-18(20,21)28-14-5-7-15(8-6-14)30(26,27)22-13-3-1-12(2-4-13)16(24)11-29-17(25)9-10-23/h1-8,22-23H,9-11H2. The average molecular weight is 463 g/mol. The minimum absolute atomic E-state index is 0.0536. The zero-order chi connectivity index (χ0) is 22.4. The first-order chi connectivity index (χ1) is 14.0. The Labute approximate surface area is 174 Å². The Kier molecular flexibility index (Phi) is 7.87. The fraction of sp³-hybridized carbons (Fsp3) is 0.222. The maximum Gasteiger partial charge on any atom is 0.573 e. The van der Waals surface area contributed by atoms with Crippen LogP contribution in [0.2, 0.25) is 0 Å². The number of Topliss-reactive ketones (excluding diaryl/α,β-unsaturated/α-hetero) is 1. The maximum atomic E-state index is 12.4. The van der Waals surface area contributed by atoms with E-state index in [1.165, 1.54) is 24.3 Å². The molecule has 0 amide bonds. The van der Waals surface area contributed by atoms with E-state index in [0.29, 0.717) is 0 Å². The van der Waals surface area contributed by atoms with Gasteiger partial charge in [0, 0.05) is 17.7 Å². The Bertz CT molecular complexity index is 990. The largest absolute Gasteiger partial charge is 0.573 e. The number of carbonyl (C=O) groups is 2. The number of ether oxygens (including phenoxy) is 1. The van der Waals surface area contributed by atoms with Crippen molar-refractivity contribution in [2.75, 3.05) is 17.1 Å². The Morgan fingerprint density at radius 2 is 1.63 bits per heavy atom. The Balaban J connectivity index is 2.01. The van der Waals surface area contributed by atoms with Gasteiger partial charge in [0.25, 0.3) is 10.0 Å². The van der Waals surface area contributed by atoms with E-state index < -0.39 is 22.1 Å². The van der Waals surface area contributed by atoms with Gasteiger partial charge < -0.3 is 9.84 Å². The molecule has 162 valence electrons. The molecule has 2 rings (SSSR count). The molecule has 0 aromatic heterocycles. The number of halogens is 3. The number of hydrogen-bond donors (Lipinski definition) is 2. The molecule has 0 unspecified atom stereocenters. The summed E-state index contributed by atoms with van der Waals surface area (Å²) >= 11 is 0.779. The summed E-state index contributed by atoms with van der Waals surface area (Å²) in [5, 5.41) is 8.34. The summed E-state index contributed by atoms with van der Waals surface area (Å²) in [6.07, 6.45) is -4.94. The van der Waals surface area contributed by atoms with Gasteiger partial charge in [-0.1, -0.05) is 11.8 Å². The summed E-state index contributed by atoms with van der Waals surface area (Å²) in [5.41, 5.74) is 0.391. The number of thioether (sulfide) groups is 1. The van der Waals surface area contributed by atoms with E-state index in [2.05, 4.69) is 9.46 Å². The van der Waals surface area contributed by atoms with Gasteiger partial charge in [-0.05, 0) is 48.5 Å². The number of ketones is 1. The highest BCUT2D eigenvalue weighted by Gasteiger charge is 2.31. The van der Waals surface area contributed by atoms with Gasteiger partial charge in [-0.25, -0.2) is 8.42 Å². The Morgan fingerprint density at radius 3 is 2.17 bits per heavy atom. The average Bonchev–Trinajstić information content (AvgIpc) is 2.66. The zero-order valence-electron chi connectivity index (χ0n) is 15.2. The lowest BCUT2D eigenvalue weighted by atomic mass is 10.1. The van der Waals surface area contributed by atoms with Gasteiger partial charge in [0.05, 0.1) is 17.3 Å². The van der Waals surface area contributed by atoms with Crippen LogP contribution in [0.3, 0.4) is 0 Å². The first-order valence-electron chi connectivity index (χ1n) is 8.28. The zero-order valence-corrected chi connectivity index (χ0v) is 16.8. The molecule has 7 nitrogen and oxygen atoms in total. The fourth-order valence-corrected chi connectivity index (χ4v) is 3.90. The van der Waals surface area contributed by atoms with Crippen LogP contribution in [-0.2, 0) is 14.8 Å². The molecule has 0 saturated heterocycles. The fourth-order valence-electron chi connectivity index (χ4n) is 2.15. The second kappa shape index (κ2) is 9.96. The number of anilines is 1. The molecular weight excluding hydrogens is 447 g/mol. The molecule has 30 heavy (non-hydrogen) atoms. The van der Waals surface area contributed by atoms with Crippen LogP contribution >= 0.6 is 11.8 Å². The molecule has 2 aromatic rings. The van der Waals surface area contributed by atoms with Crippen molar-refractivity contribution >= 4 is 38.4 Å². The number of alkyl halides is 3. The summed E-state index contributed by atoms with van der Waals surface area (Å²) in [6, 6.07) is 9.09. The number of aliphatic hydroxyl groups is 1. The molecule has 0 radical (unpaired) electrons. The lowest BCUT2D eigenvalue weighted by Crippen LogP contribution is -2.17. The third-order valence-corrected chi connectivity index (χ3v) is 5.84. The smallest absolute Gasteiger partial charge is 0.406 e. The third-order valence-electron chi connectivity index (χ3n) is 3.51. The van der Waals surface area contributed by atoms with Crippen LogP contribution in [0.15, 0.2) is 53.4 Å². The van der Waals surface area contributed by atoms with Gasteiger partial charge in [0.1, 0.15) is 5.75 Å². The van der Waals surface area contributed by atoms with Crippen molar-refractivity contribution in [2.45, 2.75) is 17.7 Å². The molecule has 0 spiro atoms. The molecule has 0 atom stereocenters. The van der Waals surface area contributed by atoms with Crippen LogP contribution < -0.4 is 9.46 Å². The predicted molar refractivity (Wildman–Crippen MR) is 104 cm³/mol.